The van der Waals surface area contributed by atoms with E-state index in [1.165, 1.54) is 12.8 Å². The zero-order valence-electron chi connectivity index (χ0n) is 10.3. The number of nitrogens with zero attached hydrogens (tertiary/aromatic N) is 2. The number of carbonyl (C=O) groups is 1. The molecule has 6 heteroatoms. The fourth-order valence-corrected chi connectivity index (χ4v) is 2.99. The van der Waals surface area contributed by atoms with E-state index in [9.17, 15) is 4.79 Å². The summed E-state index contributed by atoms with van der Waals surface area (Å²) in [4.78, 5) is 11.0. The van der Waals surface area contributed by atoms with Gasteiger partial charge in [0, 0.05) is 18.1 Å². The minimum absolute atomic E-state index is 0.156. The molecule has 1 aromatic heterocycles. The van der Waals surface area contributed by atoms with Crippen molar-refractivity contribution in [1.29, 1.82) is 0 Å². The molecule has 1 heterocycles. The average molecular weight is 321 g/mol. The summed E-state index contributed by atoms with van der Waals surface area (Å²) in [5.74, 6) is 1.47. The monoisotopic (exact) mass is 320 g/mol. The molecule has 0 aliphatic carbocycles. The Balaban J connectivity index is 2.48. The van der Waals surface area contributed by atoms with Crippen LogP contribution in [0.2, 0.25) is 0 Å². The van der Waals surface area contributed by atoms with Crippen LogP contribution in [0.3, 0.4) is 0 Å². The Morgan fingerprint density at radius 1 is 1.59 bits per heavy atom. The highest BCUT2D eigenvalue weighted by molar-refractivity contribution is 9.10. The van der Waals surface area contributed by atoms with Gasteiger partial charge in [0.15, 0.2) is 0 Å². The summed E-state index contributed by atoms with van der Waals surface area (Å²) in [6.07, 6.45) is 0.456. The Labute approximate surface area is 114 Å². The van der Waals surface area contributed by atoms with Crippen molar-refractivity contribution in [3.05, 3.63) is 15.9 Å². The Kier molecular flexibility index (Phi) is 6.05. The van der Waals surface area contributed by atoms with Crippen molar-refractivity contribution in [2.45, 2.75) is 32.6 Å². The number of methoxy groups -OCH3 is 1. The molecule has 1 rings (SSSR count). The van der Waals surface area contributed by atoms with E-state index in [0.29, 0.717) is 6.42 Å². The van der Waals surface area contributed by atoms with Crippen molar-refractivity contribution in [3.63, 3.8) is 0 Å². The second-order valence-corrected chi connectivity index (χ2v) is 5.44. The van der Waals surface area contributed by atoms with Crippen LogP contribution in [-0.2, 0) is 21.8 Å². The molecule has 0 unspecified atom stereocenters. The number of hydrogen-bond donors (Lipinski definition) is 0. The summed E-state index contributed by atoms with van der Waals surface area (Å²) in [5.41, 5.74) is 2.19. The Hall–Kier alpha value is -0.490. The number of aryl methyl sites for hydroxylation is 2. The van der Waals surface area contributed by atoms with E-state index < -0.39 is 0 Å². The van der Waals surface area contributed by atoms with Crippen molar-refractivity contribution in [1.82, 2.24) is 9.78 Å². The predicted octanol–water partition coefficient (Wildman–Crippen LogP) is 2.77. The first-order valence-electron chi connectivity index (χ1n) is 5.46. The molecule has 17 heavy (non-hydrogen) atoms. The van der Waals surface area contributed by atoms with Gasteiger partial charge >= 0.3 is 5.97 Å². The van der Waals surface area contributed by atoms with Gasteiger partial charge in [0.2, 0.25) is 0 Å². The van der Waals surface area contributed by atoms with E-state index in [2.05, 4.69) is 32.7 Å². The van der Waals surface area contributed by atoms with Crippen LogP contribution in [0.25, 0.3) is 0 Å². The molecule has 1 aromatic rings. The molecule has 4 nitrogen and oxygen atoms in total. The SMILES string of the molecule is CCn1nc(C)c(Br)c1CSCCC(=O)OC. The van der Waals surface area contributed by atoms with Crippen LogP contribution in [0.15, 0.2) is 4.47 Å². The molecule has 0 radical (unpaired) electrons. The minimum Gasteiger partial charge on any atom is -0.469 e. The first kappa shape index (κ1) is 14.6. The standard InChI is InChI=1S/C11H17BrN2O2S/c1-4-14-9(11(12)8(2)13-14)7-17-6-5-10(15)16-3/h4-7H2,1-3H3. The third kappa shape index (κ3) is 4.03. The van der Waals surface area contributed by atoms with Crippen LogP contribution in [-0.4, -0.2) is 28.6 Å². The van der Waals surface area contributed by atoms with Gasteiger partial charge in [-0.2, -0.15) is 16.9 Å². The van der Waals surface area contributed by atoms with Crippen molar-refractivity contribution >= 4 is 33.7 Å². The molecule has 0 aliphatic rings. The molecule has 0 fully saturated rings. The second kappa shape index (κ2) is 7.06. The molecule has 0 spiro atoms. The van der Waals surface area contributed by atoms with Crippen LogP contribution in [0.4, 0.5) is 0 Å². The maximum absolute atomic E-state index is 11.0. The fourth-order valence-electron chi connectivity index (χ4n) is 1.43. The molecule has 0 atom stereocenters. The summed E-state index contributed by atoms with van der Waals surface area (Å²) in [6, 6.07) is 0. The number of rotatable bonds is 6. The number of thioether (sulfide) groups is 1. The molecular formula is C11H17BrN2O2S. The van der Waals surface area contributed by atoms with Gasteiger partial charge in [0.1, 0.15) is 0 Å². The van der Waals surface area contributed by atoms with Crippen LogP contribution in [0.1, 0.15) is 24.7 Å². The lowest BCUT2D eigenvalue weighted by Gasteiger charge is -2.05. The van der Waals surface area contributed by atoms with Gasteiger partial charge in [-0.25, -0.2) is 0 Å². The maximum atomic E-state index is 11.0. The van der Waals surface area contributed by atoms with Gasteiger partial charge in [-0.3, -0.25) is 9.48 Å². The van der Waals surface area contributed by atoms with E-state index in [4.69, 9.17) is 0 Å². The predicted molar refractivity (Wildman–Crippen MR) is 73.1 cm³/mol. The zero-order chi connectivity index (χ0) is 12.8. The van der Waals surface area contributed by atoms with Crippen LogP contribution in [0, 0.1) is 6.92 Å². The molecular weight excluding hydrogens is 304 g/mol. The highest BCUT2D eigenvalue weighted by Crippen LogP contribution is 2.25. The van der Waals surface area contributed by atoms with Gasteiger partial charge in [0.25, 0.3) is 0 Å². The topological polar surface area (TPSA) is 44.1 Å². The number of halogens is 1. The van der Waals surface area contributed by atoms with Gasteiger partial charge < -0.3 is 4.74 Å². The third-order valence-electron chi connectivity index (χ3n) is 2.37. The highest BCUT2D eigenvalue weighted by Gasteiger charge is 2.11. The van der Waals surface area contributed by atoms with Gasteiger partial charge in [-0.15, -0.1) is 0 Å². The van der Waals surface area contributed by atoms with Crippen LogP contribution < -0.4 is 0 Å². The molecule has 0 N–H and O–H groups in total. The third-order valence-corrected chi connectivity index (χ3v) is 4.37. The molecule has 0 aliphatic heterocycles. The van der Waals surface area contributed by atoms with Crippen molar-refractivity contribution in [3.8, 4) is 0 Å². The molecule has 0 bridgehead atoms. The normalized spacial score (nSPS) is 10.6. The Morgan fingerprint density at radius 3 is 2.88 bits per heavy atom. The molecule has 0 amide bonds. The number of aromatic nitrogens is 2. The van der Waals surface area contributed by atoms with Crippen LogP contribution >= 0.6 is 27.7 Å². The van der Waals surface area contributed by atoms with Gasteiger partial charge in [-0.05, 0) is 29.8 Å². The van der Waals surface area contributed by atoms with Crippen LogP contribution in [0.5, 0.6) is 0 Å². The van der Waals surface area contributed by atoms with Crippen molar-refractivity contribution < 1.29 is 9.53 Å². The van der Waals surface area contributed by atoms with E-state index in [1.54, 1.807) is 11.8 Å². The van der Waals surface area contributed by atoms with Crippen molar-refractivity contribution in [2.75, 3.05) is 12.9 Å². The van der Waals surface area contributed by atoms with Gasteiger partial charge in [-0.1, -0.05) is 0 Å². The first-order chi connectivity index (χ1) is 8.10. The summed E-state index contributed by atoms with van der Waals surface area (Å²) in [6.45, 7) is 4.92. The first-order valence-corrected chi connectivity index (χ1v) is 7.41. The smallest absolute Gasteiger partial charge is 0.306 e. The number of esters is 1. The summed E-state index contributed by atoms with van der Waals surface area (Å²) in [7, 11) is 1.42. The highest BCUT2D eigenvalue weighted by atomic mass is 79.9. The maximum Gasteiger partial charge on any atom is 0.306 e. The fraction of sp³-hybridized carbons (Fsp3) is 0.636. The number of hydrogen-bond acceptors (Lipinski definition) is 4. The quantitative estimate of drug-likeness (QED) is 0.597. The zero-order valence-corrected chi connectivity index (χ0v) is 12.7. The summed E-state index contributed by atoms with van der Waals surface area (Å²) < 4.78 is 7.66. The summed E-state index contributed by atoms with van der Waals surface area (Å²) in [5, 5.41) is 4.42. The second-order valence-electron chi connectivity index (χ2n) is 3.54. The van der Waals surface area contributed by atoms with E-state index >= 15 is 0 Å². The lowest BCUT2D eigenvalue weighted by atomic mass is 10.4. The molecule has 0 aromatic carbocycles. The molecule has 0 saturated carbocycles. The van der Waals surface area contributed by atoms with Crippen molar-refractivity contribution in [2.24, 2.45) is 0 Å². The average Bonchev–Trinajstić information content (AvgIpc) is 2.61. The number of carbonyl (C=O) groups excluding carboxylic acids is 1. The van der Waals surface area contributed by atoms with Gasteiger partial charge in [0.05, 0.1) is 29.4 Å². The Morgan fingerprint density at radius 2 is 2.29 bits per heavy atom. The molecule has 96 valence electrons. The Bertz CT molecular complexity index is 393. The van der Waals surface area contributed by atoms with E-state index in [0.717, 1.165) is 28.2 Å². The lowest BCUT2D eigenvalue weighted by Crippen LogP contribution is -2.04. The van der Waals surface area contributed by atoms with E-state index in [-0.39, 0.29) is 5.97 Å². The molecule has 0 saturated heterocycles. The van der Waals surface area contributed by atoms with E-state index in [1.807, 2.05) is 11.6 Å². The minimum atomic E-state index is -0.156. The number of ether oxygens (including phenoxy) is 1. The lowest BCUT2D eigenvalue weighted by molar-refractivity contribution is -0.140. The summed E-state index contributed by atoms with van der Waals surface area (Å²) >= 11 is 5.26. The largest absolute Gasteiger partial charge is 0.469 e.